The monoisotopic (exact) mass is 376 g/mol. The van der Waals surface area contributed by atoms with Crippen molar-refractivity contribution in [3.63, 3.8) is 0 Å². The lowest BCUT2D eigenvalue weighted by Crippen LogP contribution is -2.21. The predicted octanol–water partition coefficient (Wildman–Crippen LogP) is 3.53. The third-order valence-electron chi connectivity index (χ3n) is 4.48. The lowest BCUT2D eigenvalue weighted by Gasteiger charge is -2.20. The molecule has 3 aromatic carbocycles. The summed E-state index contributed by atoms with van der Waals surface area (Å²) in [6, 6.07) is 13.0. The Morgan fingerprint density at radius 1 is 0.857 bits per heavy atom. The molecule has 0 radical (unpaired) electrons. The van der Waals surface area contributed by atoms with Crippen LogP contribution in [0.25, 0.3) is 0 Å². The molecule has 0 spiro atoms. The maximum absolute atomic E-state index is 12.9. The maximum Gasteiger partial charge on any atom is 0.297 e. The summed E-state index contributed by atoms with van der Waals surface area (Å²) in [5.74, 6) is -2.26. The van der Waals surface area contributed by atoms with Crippen molar-refractivity contribution < 1.29 is 24.7 Å². The second kappa shape index (κ2) is 6.20. The number of anilines is 2. The number of nitrogens with zero attached hydrogens (tertiary/aromatic N) is 1. The Kier molecular flexibility index (Phi) is 3.82. The number of rotatable bonds is 3. The van der Waals surface area contributed by atoms with Crippen molar-refractivity contribution in [2.75, 3.05) is 5.32 Å². The molecular formula is C20H12N2O6. The number of hydrogen-bond donors (Lipinski definition) is 3. The summed E-state index contributed by atoms with van der Waals surface area (Å²) < 4.78 is 0. The van der Waals surface area contributed by atoms with E-state index in [4.69, 9.17) is 0 Å². The number of nitro groups is 1. The normalized spacial score (nSPS) is 12.3. The van der Waals surface area contributed by atoms with Gasteiger partial charge in [0, 0.05) is 28.4 Å². The van der Waals surface area contributed by atoms with Crippen LogP contribution in [-0.4, -0.2) is 26.7 Å². The highest BCUT2D eigenvalue weighted by atomic mass is 16.6. The standard InChI is InChI=1S/C20H12N2O6/c23-11-6-7-12-13(8-11)19(25)16-14(18(12)24)9-15(22(27)28)17(20(16)26)21-10-4-2-1-3-5-10/h1-9,21,23,26H. The molecule has 3 aromatic rings. The number of benzene rings is 3. The molecule has 0 amide bonds. The molecule has 0 fully saturated rings. The summed E-state index contributed by atoms with van der Waals surface area (Å²) in [7, 11) is 0. The molecule has 1 aliphatic rings. The SMILES string of the molecule is O=C1c2ccc(O)cc2C(=O)c2c1cc([N+](=O)[O-])c(Nc1ccccc1)c2O. The lowest BCUT2D eigenvalue weighted by molar-refractivity contribution is -0.384. The van der Waals surface area contributed by atoms with Gasteiger partial charge < -0.3 is 15.5 Å². The number of aromatic hydroxyl groups is 2. The summed E-state index contributed by atoms with van der Waals surface area (Å²) in [6.45, 7) is 0. The van der Waals surface area contributed by atoms with Gasteiger partial charge in [0.15, 0.2) is 23.0 Å². The average Bonchev–Trinajstić information content (AvgIpc) is 2.68. The minimum absolute atomic E-state index is 0.00719. The fraction of sp³-hybridized carbons (Fsp3) is 0. The van der Waals surface area contributed by atoms with Gasteiger partial charge in [0.05, 0.1) is 10.5 Å². The van der Waals surface area contributed by atoms with E-state index in [1.54, 1.807) is 30.3 Å². The third kappa shape index (κ3) is 2.55. The Labute approximate surface area is 157 Å². The smallest absolute Gasteiger partial charge is 0.297 e. The topological polar surface area (TPSA) is 130 Å². The maximum atomic E-state index is 12.9. The number of phenolic OH excluding ortho intramolecular Hbond substituents is 2. The Balaban J connectivity index is 1.96. The van der Waals surface area contributed by atoms with E-state index >= 15 is 0 Å². The molecule has 0 saturated heterocycles. The molecule has 8 heteroatoms. The highest BCUT2D eigenvalue weighted by Gasteiger charge is 2.37. The number of carbonyl (C=O) groups excluding carboxylic acids is 2. The molecule has 0 unspecified atom stereocenters. The molecule has 138 valence electrons. The van der Waals surface area contributed by atoms with Crippen molar-refractivity contribution in [1.82, 2.24) is 0 Å². The largest absolute Gasteiger partial charge is 0.508 e. The zero-order chi connectivity index (χ0) is 20.0. The van der Waals surface area contributed by atoms with Gasteiger partial charge in [-0.05, 0) is 30.3 Å². The van der Waals surface area contributed by atoms with Crippen LogP contribution in [0.4, 0.5) is 17.1 Å². The van der Waals surface area contributed by atoms with Crippen LogP contribution >= 0.6 is 0 Å². The first-order chi connectivity index (χ1) is 13.4. The molecule has 8 nitrogen and oxygen atoms in total. The predicted molar refractivity (Wildman–Crippen MR) is 99.5 cm³/mol. The fourth-order valence-corrected chi connectivity index (χ4v) is 3.19. The van der Waals surface area contributed by atoms with Crippen molar-refractivity contribution in [2.45, 2.75) is 0 Å². The van der Waals surface area contributed by atoms with E-state index in [0.717, 1.165) is 12.1 Å². The van der Waals surface area contributed by atoms with E-state index in [0.29, 0.717) is 5.69 Å². The van der Waals surface area contributed by atoms with Crippen LogP contribution in [0.5, 0.6) is 11.5 Å². The number of carbonyl (C=O) groups is 2. The number of ketones is 2. The molecule has 0 bridgehead atoms. The lowest BCUT2D eigenvalue weighted by atomic mass is 9.82. The van der Waals surface area contributed by atoms with Gasteiger partial charge in [-0.25, -0.2) is 0 Å². The van der Waals surface area contributed by atoms with E-state index < -0.39 is 27.9 Å². The average molecular weight is 376 g/mol. The Hall–Kier alpha value is -4.20. The third-order valence-corrected chi connectivity index (χ3v) is 4.48. The van der Waals surface area contributed by atoms with Crippen LogP contribution in [0.1, 0.15) is 31.8 Å². The van der Waals surface area contributed by atoms with Crippen LogP contribution in [0, 0.1) is 10.1 Å². The molecule has 0 saturated carbocycles. The van der Waals surface area contributed by atoms with Gasteiger partial charge >= 0.3 is 0 Å². The molecule has 0 aliphatic heterocycles. The number of hydrogen-bond acceptors (Lipinski definition) is 7. The number of nitrogens with one attached hydrogen (secondary N) is 1. The summed E-state index contributed by atoms with van der Waals surface area (Å²) in [5.41, 5.74) is -1.05. The van der Waals surface area contributed by atoms with E-state index in [2.05, 4.69) is 5.32 Å². The highest BCUT2D eigenvalue weighted by Crippen LogP contribution is 2.44. The van der Waals surface area contributed by atoms with Crippen molar-refractivity contribution >= 4 is 28.6 Å². The van der Waals surface area contributed by atoms with Crippen molar-refractivity contribution in [1.29, 1.82) is 0 Å². The summed E-state index contributed by atoms with van der Waals surface area (Å²) in [5, 5.41) is 34.6. The van der Waals surface area contributed by atoms with Gasteiger partial charge in [0.1, 0.15) is 5.75 Å². The van der Waals surface area contributed by atoms with Crippen molar-refractivity contribution in [3.05, 3.63) is 87.0 Å². The van der Waals surface area contributed by atoms with Crippen LogP contribution in [0.3, 0.4) is 0 Å². The van der Waals surface area contributed by atoms with Gasteiger partial charge in [-0.3, -0.25) is 19.7 Å². The summed E-state index contributed by atoms with van der Waals surface area (Å²) in [6.07, 6.45) is 0. The van der Waals surface area contributed by atoms with Crippen molar-refractivity contribution in [2.24, 2.45) is 0 Å². The van der Waals surface area contributed by atoms with Gasteiger partial charge in [-0.2, -0.15) is 0 Å². The second-order valence-electron chi connectivity index (χ2n) is 6.18. The van der Waals surface area contributed by atoms with E-state index in [-0.39, 0.29) is 33.7 Å². The van der Waals surface area contributed by atoms with E-state index in [9.17, 15) is 29.9 Å². The molecule has 4 rings (SSSR count). The molecule has 0 atom stereocenters. The van der Waals surface area contributed by atoms with Crippen molar-refractivity contribution in [3.8, 4) is 11.5 Å². The van der Waals surface area contributed by atoms with Crippen LogP contribution in [0.2, 0.25) is 0 Å². The molecule has 1 aliphatic carbocycles. The minimum atomic E-state index is -0.741. The minimum Gasteiger partial charge on any atom is -0.508 e. The quantitative estimate of drug-likeness (QED) is 0.283. The first kappa shape index (κ1) is 17.2. The Morgan fingerprint density at radius 3 is 2.25 bits per heavy atom. The number of para-hydroxylation sites is 1. The molecule has 28 heavy (non-hydrogen) atoms. The van der Waals surface area contributed by atoms with Crippen LogP contribution in [-0.2, 0) is 0 Å². The summed E-state index contributed by atoms with van der Waals surface area (Å²) >= 11 is 0. The number of nitro benzene ring substituents is 1. The van der Waals surface area contributed by atoms with E-state index in [1.165, 1.54) is 12.1 Å². The second-order valence-corrected chi connectivity index (χ2v) is 6.18. The Morgan fingerprint density at radius 2 is 1.57 bits per heavy atom. The van der Waals surface area contributed by atoms with Crippen LogP contribution < -0.4 is 5.32 Å². The Bertz CT molecular complexity index is 1170. The zero-order valence-electron chi connectivity index (χ0n) is 14.2. The van der Waals surface area contributed by atoms with Gasteiger partial charge in [-0.15, -0.1) is 0 Å². The van der Waals surface area contributed by atoms with Gasteiger partial charge in [0.25, 0.3) is 5.69 Å². The first-order valence-corrected chi connectivity index (χ1v) is 8.17. The van der Waals surface area contributed by atoms with Crippen LogP contribution in [0.15, 0.2) is 54.6 Å². The van der Waals surface area contributed by atoms with E-state index in [1.807, 2.05) is 0 Å². The van der Waals surface area contributed by atoms with Gasteiger partial charge in [-0.1, -0.05) is 18.2 Å². The first-order valence-electron chi connectivity index (χ1n) is 8.17. The fourth-order valence-electron chi connectivity index (χ4n) is 3.19. The number of fused-ring (bicyclic) bond motifs is 2. The molecule has 0 heterocycles. The molecule has 3 N–H and O–H groups in total. The molecular weight excluding hydrogens is 364 g/mol. The highest BCUT2D eigenvalue weighted by molar-refractivity contribution is 6.30. The zero-order valence-corrected chi connectivity index (χ0v) is 14.2. The summed E-state index contributed by atoms with van der Waals surface area (Å²) in [4.78, 5) is 36.5. The molecule has 0 aromatic heterocycles. The number of phenols is 2. The van der Waals surface area contributed by atoms with Gasteiger partial charge in [0.2, 0.25) is 0 Å².